The van der Waals surface area contributed by atoms with E-state index in [1.54, 1.807) is 0 Å². The minimum Gasteiger partial charge on any atom is -0.467 e. The van der Waals surface area contributed by atoms with Gasteiger partial charge in [0.1, 0.15) is 17.4 Å². The van der Waals surface area contributed by atoms with Crippen molar-refractivity contribution in [2.45, 2.75) is 19.4 Å². The maximum absolute atomic E-state index is 12.7. The van der Waals surface area contributed by atoms with Gasteiger partial charge in [0.2, 0.25) is 0 Å². The first kappa shape index (κ1) is 16.7. The predicted octanol–water partition coefficient (Wildman–Crippen LogP) is 2.16. The van der Waals surface area contributed by atoms with Crippen LogP contribution in [0.4, 0.5) is 0 Å². The normalized spacial score (nSPS) is 11.9. The summed E-state index contributed by atoms with van der Waals surface area (Å²) >= 11 is 0. The van der Waals surface area contributed by atoms with Crippen molar-refractivity contribution < 1.29 is 14.3 Å². The standard InChI is InChI=1S/C19H19N3O3/c1-13-17(21-16-10-6-7-11-22(13)16)18(23)20-15(19(24)25-2)12-14-8-4-3-5-9-14/h3-11,15H,12H2,1-2H3,(H,20,23)/t15-/m1/s1. The second-order valence-electron chi connectivity index (χ2n) is 5.71. The number of ether oxygens (including phenoxy) is 1. The fourth-order valence-corrected chi connectivity index (χ4v) is 2.75. The SMILES string of the molecule is COC(=O)[C@@H](Cc1ccccc1)NC(=O)c1nc2ccccn2c1C. The Labute approximate surface area is 145 Å². The molecule has 0 radical (unpaired) electrons. The highest BCUT2D eigenvalue weighted by atomic mass is 16.5. The highest BCUT2D eigenvalue weighted by Crippen LogP contribution is 2.12. The van der Waals surface area contributed by atoms with Crippen molar-refractivity contribution in [3.05, 3.63) is 71.7 Å². The molecule has 0 aliphatic heterocycles. The number of methoxy groups -OCH3 is 1. The monoisotopic (exact) mass is 337 g/mol. The molecule has 128 valence electrons. The van der Waals surface area contributed by atoms with Crippen molar-refractivity contribution in [1.29, 1.82) is 0 Å². The number of nitrogens with zero attached hydrogens (tertiary/aromatic N) is 2. The van der Waals surface area contributed by atoms with Gasteiger partial charge < -0.3 is 14.5 Å². The summed E-state index contributed by atoms with van der Waals surface area (Å²) in [4.78, 5) is 29.1. The molecular weight excluding hydrogens is 318 g/mol. The zero-order valence-corrected chi connectivity index (χ0v) is 14.1. The number of nitrogens with one attached hydrogen (secondary N) is 1. The molecule has 3 rings (SSSR count). The number of imidazole rings is 1. The van der Waals surface area contributed by atoms with Gasteiger partial charge in [-0.1, -0.05) is 36.4 Å². The Balaban J connectivity index is 1.84. The molecule has 0 spiro atoms. The van der Waals surface area contributed by atoms with Crippen LogP contribution in [0.25, 0.3) is 5.65 Å². The van der Waals surface area contributed by atoms with E-state index in [4.69, 9.17) is 4.74 Å². The summed E-state index contributed by atoms with van der Waals surface area (Å²) in [5.74, 6) is -0.883. The van der Waals surface area contributed by atoms with Gasteiger partial charge in [-0.25, -0.2) is 9.78 Å². The topological polar surface area (TPSA) is 72.7 Å². The summed E-state index contributed by atoms with van der Waals surface area (Å²) < 4.78 is 6.66. The van der Waals surface area contributed by atoms with Crippen LogP contribution in [-0.4, -0.2) is 34.4 Å². The maximum atomic E-state index is 12.7. The van der Waals surface area contributed by atoms with E-state index >= 15 is 0 Å². The highest BCUT2D eigenvalue weighted by molar-refractivity contribution is 5.96. The van der Waals surface area contributed by atoms with E-state index in [-0.39, 0.29) is 0 Å². The van der Waals surface area contributed by atoms with Crippen LogP contribution in [0.5, 0.6) is 0 Å². The third kappa shape index (κ3) is 3.52. The molecule has 0 saturated heterocycles. The number of carbonyl (C=O) groups is 2. The number of aryl methyl sites for hydroxylation is 1. The van der Waals surface area contributed by atoms with Gasteiger partial charge in [0, 0.05) is 12.6 Å². The zero-order valence-electron chi connectivity index (χ0n) is 14.1. The number of hydrogen-bond acceptors (Lipinski definition) is 4. The minimum absolute atomic E-state index is 0.299. The molecule has 0 saturated carbocycles. The lowest BCUT2D eigenvalue weighted by Crippen LogP contribution is -2.43. The number of rotatable bonds is 5. The van der Waals surface area contributed by atoms with Crippen LogP contribution in [-0.2, 0) is 16.0 Å². The summed E-state index contributed by atoms with van der Waals surface area (Å²) in [7, 11) is 1.31. The van der Waals surface area contributed by atoms with Crippen molar-refractivity contribution in [2.75, 3.05) is 7.11 Å². The number of aromatic nitrogens is 2. The lowest BCUT2D eigenvalue weighted by molar-refractivity contribution is -0.142. The Morgan fingerprint density at radius 1 is 1.16 bits per heavy atom. The van der Waals surface area contributed by atoms with E-state index in [1.165, 1.54) is 7.11 Å². The molecule has 0 aliphatic carbocycles. The summed E-state index contributed by atoms with van der Waals surface area (Å²) in [6.07, 6.45) is 2.20. The van der Waals surface area contributed by atoms with Gasteiger partial charge in [0.15, 0.2) is 0 Å². The van der Waals surface area contributed by atoms with Crippen molar-refractivity contribution in [2.24, 2.45) is 0 Å². The lowest BCUT2D eigenvalue weighted by Gasteiger charge is -2.16. The first-order chi connectivity index (χ1) is 12.1. The number of amides is 1. The number of pyridine rings is 1. The Morgan fingerprint density at radius 3 is 2.56 bits per heavy atom. The smallest absolute Gasteiger partial charge is 0.328 e. The van der Waals surface area contributed by atoms with Gasteiger partial charge in [0.05, 0.1) is 12.8 Å². The second kappa shape index (κ2) is 7.17. The summed E-state index contributed by atoms with van der Waals surface area (Å²) in [6.45, 7) is 1.82. The summed E-state index contributed by atoms with van der Waals surface area (Å²) in [6, 6.07) is 14.3. The van der Waals surface area contributed by atoms with Gasteiger partial charge in [-0.3, -0.25) is 4.79 Å². The molecule has 25 heavy (non-hydrogen) atoms. The van der Waals surface area contributed by atoms with Crippen molar-refractivity contribution in [3.8, 4) is 0 Å². The largest absolute Gasteiger partial charge is 0.467 e. The quantitative estimate of drug-likeness (QED) is 0.724. The molecule has 0 fully saturated rings. The number of carbonyl (C=O) groups excluding carboxylic acids is 2. The third-order valence-corrected chi connectivity index (χ3v) is 4.06. The zero-order chi connectivity index (χ0) is 17.8. The maximum Gasteiger partial charge on any atom is 0.328 e. The Kier molecular flexibility index (Phi) is 4.79. The Hall–Kier alpha value is -3.15. The second-order valence-corrected chi connectivity index (χ2v) is 5.71. The lowest BCUT2D eigenvalue weighted by atomic mass is 10.1. The Morgan fingerprint density at radius 2 is 1.88 bits per heavy atom. The van der Waals surface area contributed by atoms with Crippen LogP contribution >= 0.6 is 0 Å². The molecule has 1 aromatic carbocycles. The van der Waals surface area contributed by atoms with E-state index in [1.807, 2.05) is 66.1 Å². The van der Waals surface area contributed by atoms with E-state index in [9.17, 15) is 9.59 Å². The number of esters is 1. The molecule has 3 aromatic rings. The van der Waals surface area contributed by atoms with Gasteiger partial charge >= 0.3 is 5.97 Å². The van der Waals surface area contributed by atoms with E-state index in [0.717, 1.165) is 11.3 Å². The molecule has 0 aliphatic rings. The number of hydrogen-bond donors (Lipinski definition) is 1. The van der Waals surface area contributed by atoms with E-state index in [2.05, 4.69) is 10.3 Å². The first-order valence-electron chi connectivity index (χ1n) is 7.96. The summed E-state index contributed by atoms with van der Waals surface area (Å²) in [5, 5.41) is 2.74. The van der Waals surface area contributed by atoms with Gasteiger partial charge in [-0.05, 0) is 24.6 Å². The molecular formula is C19H19N3O3. The molecule has 1 N–H and O–H groups in total. The molecule has 0 unspecified atom stereocenters. The highest BCUT2D eigenvalue weighted by Gasteiger charge is 2.25. The van der Waals surface area contributed by atoms with Crippen molar-refractivity contribution in [3.63, 3.8) is 0 Å². The van der Waals surface area contributed by atoms with Crippen LogP contribution in [0.15, 0.2) is 54.7 Å². The molecule has 6 nitrogen and oxygen atoms in total. The average molecular weight is 337 g/mol. The van der Waals surface area contributed by atoms with Crippen LogP contribution in [0.3, 0.4) is 0 Å². The van der Waals surface area contributed by atoms with E-state index < -0.39 is 17.9 Å². The minimum atomic E-state index is -0.774. The van der Waals surface area contributed by atoms with Crippen LogP contribution in [0, 0.1) is 6.92 Å². The molecule has 2 aromatic heterocycles. The van der Waals surface area contributed by atoms with Gasteiger partial charge in [-0.2, -0.15) is 0 Å². The molecule has 2 heterocycles. The Bertz CT molecular complexity index is 903. The predicted molar refractivity (Wildman–Crippen MR) is 93.3 cm³/mol. The third-order valence-electron chi connectivity index (χ3n) is 4.06. The van der Waals surface area contributed by atoms with Crippen LogP contribution < -0.4 is 5.32 Å². The van der Waals surface area contributed by atoms with Gasteiger partial charge in [0.25, 0.3) is 5.91 Å². The van der Waals surface area contributed by atoms with E-state index in [0.29, 0.717) is 17.8 Å². The first-order valence-corrected chi connectivity index (χ1v) is 7.96. The van der Waals surface area contributed by atoms with Crippen molar-refractivity contribution >= 4 is 17.5 Å². The van der Waals surface area contributed by atoms with Crippen molar-refractivity contribution in [1.82, 2.24) is 14.7 Å². The molecule has 1 atom stereocenters. The fraction of sp³-hybridized carbons (Fsp3) is 0.211. The van der Waals surface area contributed by atoms with Crippen LogP contribution in [0.2, 0.25) is 0 Å². The molecule has 0 bridgehead atoms. The number of benzene rings is 1. The molecule has 1 amide bonds. The van der Waals surface area contributed by atoms with Crippen LogP contribution in [0.1, 0.15) is 21.7 Å². The van der Waals surface area contributed by atoms with Gasteiger partial charge in [-0.15, -0.1) is 0 Å². The summed E-state index contributed by atoms with van der Waals surface area (Å²) in [5.41, 5.74) is 2.64. The number of fused-ring (bicyclic) bond motifs is 1. The fourth-order valence-electron chi connectivity index (χ4n) is 2.75. The average Bonchev–Trinajstić information content (AvgIpc) is 2.98. The molecule has 6 heteroatoms.